The van der Waals surface area contributed by atoms with Crippen LogP contribution in [0, 0.1) is 5.95 Å². The van der Waals surface area contributed by atoms with Crippen molar-refractivity contribution in [2.45, 2.75) is 32.2 Å². The molecule has 1 aromatic heterocycles. The lowest BCUT2D eigenvalue weighted by Crippen LogP contribution is -2.46. The van der Waals surface area contributed by atoms with Crippen molar-refractivity contribution in [1.29, 1.82) is 0 Å². The number of pyridine rings is 1. The Labute approximate surface area is 154 Å². The minimum absolute atomic E-state index is 0.387. The van der Waals surface area contributed by atoms with Crippen molar-refractivity contribution >= 4 is 27.7 Å². The van der Waals surface area contributed by atoms with E-state index in [0.29, 0.717) is 4.47 Å². The van der Waals surface area contributed by atoms with Crippen molar-refractivity contribution < 1.29 is 19.1 Å². The second kappa shape index (κ2) is 8.05. The van der Waals surface area contributed by atoms with Crippen LogP contribution in [0.3, 0.4) is 0 Å². The predicted octanol–water partition coefficient (Wildman–Crippen LogP) is 2.60. The van der Waals surface area contributed by atoms with Gasteiger partial charge in [-0.1, -0.05) is 0 Å². The van der Waals surface area contributed by atoms with Gasteiger partial charge in [-0.2, -0.15) is 4.39 Å². The molecule has 1 aromatic rings. The summed E-state index contributed by atoms with van der Waals surface area (Å²) in [6, 6.07) is 1.22. The van der Waals surface area contributed by atoms with Crippen molar-refractivity contribution in [1.82, 2.24) is 15.2 Å². The summed E-state index contributed by atoms with van der Waals surface area (Å²) >= 11 is 3.10. The number of carboxylic acids is 1. The van der Waals surface area contributed by atoms with E-state index in [4.69, 9.17) is 0 Å². The summed E-state index contributed by atoms with van der Waals surface area (Å²) in [5.74, 6) is -3.35. The van der Waals surface area contributed by atoms with Crippen LogP contribution in [0.25, 0.3) is 0 Å². The molecule has 0 atom stereocenters. The van der Waals surface area contributed by atoms with Crippen molar-refractivity contribution in [3.05, 3.63) is 40.0 Å². The average Bonchev–Trinajstić information content (AvgIpc) is 3.01. The zero-order valence-corrected chi connectivity index (χ0v) is 15.8. The number of carboxylic acid groups (broad SMARTS) is 1. The Bertz CT molecular complexity index is 700. The van der Waals surface area contributed by atoms with Gasteiger partial charge in [-0.25, -0.2) is 9.78 Å². The summed E-state index contributed by atoms with van der Waals surface area (Å²) in [5, 5.41) is 12.3. The fraction of sp³-hybridized carbons (Fsp3) is 0.471. The summed E-state index contributed by atoms with van der Waals surface area (Å²) in [6.45, 7) is 6.58. The van der Waals surface area contributed by atoms with Crippen molar-refractivity contribution in [2.24, 2.45) is 0 Å². The van der Waals surface area contributed by atoms with Crippen LogP contribution >= 0.6 is 15.9 Å². The lowest BCUT2D eigenvalue weighted by Gasteiger charge is -2.30. The van der Waals surface area contributed by atoms with Gasteiger partial charge in [0.15, 0.2) is 0 Å². The summed E-state index contributed by atoms with van der Waals surface area (Å²) < 4.78 is 14.2. The number of nitrogens with one attached hydrogen (secondary N) is 1. The third kappa shape index (κ3) is 5.34. The van der Waals surface area contributed by atoms with E-state index in [0.717, 1.165) is 38.7 Å². The number of hydrogen-bond donors (Lipinski definition) is 2. The van der Waals surface area contributed by atoms with Gasteiger partial charge < -0.3 is 15.3 Å². The maximum Gasteiger partial charge on any atom is 0.341 e. The van der Waals surface area contributed by atoms with E-state index in [1.165, 1.54) is 12.3 Å². The van der Waals surface area contributed by atoms with E-state index in [-0.39, 0.29) is 5.56 Å². The Morgan fingerprint density at radius 1 is 1.44 bits per heavy atom. The Kier molecular flexibility index (Phi) is 6.29. The second-order valence-corrected chi connectivity index (χ2v) is 7.61. The highest BCUT2D eigenvalue weighted by atomic mass is 79.9. The fourth-order valence-corrected chi connectivity index (χ4v) is 3.10. The van der Waals surface area contributed by atoms with Gasteiger partial charge in [-0.3, -0.25) is 4.79 Å². The topological polar surface area (TPSA) is 82.5 Å². The van der Waals surface area contributed by atoms with E-state index >= 15 is 0 Å². The first kappa shape index (κ1) is 19.5. The number of halogens is 2. The number of hydrogen-bond acceptors (Lipinski definition) is 5. The molecule has 1 fully saturated rings. The predicted molar refractivity (Wildman–Crippen MR) is 94.8 cm³/mol. The molecule has 0 unspecified atom stereocenters. The van der Waals surface area contributed by atoms with Gasteiger partial charge >= 0.3 is 5.97 Å². The van der Waals surface area contributed by atoms with Crippen LogP contribution in [0.4, 0.5) is 4.39 Å². The quantitative estimate of drug-likeness (QED) is 0.235. The van der Waals surface area contributed by atoms with Gasteiger partial charge in [0.05, 0.1) is 5.56 Å². The number of Topliss-reactive ketones (excluding diaryl/α,β-unsaturated/α-hetero) is 1. The third-order valence-corrected chi connectivity index (χ3v) is 4.38. The SMILES string of the molecule is CC(C)(CN1CCCC1)N/C=C(\C(=O)O)C(=O)c1cc(Br)cnc1F. The molecule has 0 aliphatic carbocycles. The normalized spacial score (nSPS) is 16.1. The molecule has 25 heavy (non-hydrogen) atoms. The van der Waals surface area contributed by atoms with Gasteiger partial charge in [-0.15, -0.1) is 0 Å². The molecule has 2 heterocycles. The Hall–Kier alpha value is -1.80. The smallest absolute Gasteiger partial charge is 0.341 e. The molecule has 0 amide bonds. The molecule has 1 saturated heterocycles. The van der Waals surface area contributed by atoms with Gasteiger partial charge in [-0.05, 0) is 61.8 Å². The first-order chi connectivity index (χ1) is 11.7. The first-order valence-corrected chi connectivity index (χ1v) is 8.78. The standard InChI is InChI=1S/C17H21BrFN3O3/c1-17(2,10-22-5-3-4-6-22)21-9-13(16(24)25)14(23)12-7-11(18)8-20-15(12)19/h7-9,21H,3-6,10H2,1-2H3,(H,24,25)/b13-9-. The molecule has 0 spiro atoms. The number of nitrogens with zero attached hydrogens (tertiary/aromatic N) is 2. The molecule has 0 radical (unpaired) electrons. The average molecular weight is 414 g/mol. The van der Waals surface area contributed by atoms with Crippen LogP contribution < -0.4 is 5.32 Å². The summed E-state index contributed by atoms with van der Waals surface area (Å²) in [7, 11) is 0. The zero-order valence-electron chi connectivity index (χ0n) is 14.2. The Morgan fingerprint density at radius 3 is 2.68 bits per heavy atom. The number of carbonyl (C=O) groups excluding carboxylic acids is 1. The van der Waals surface area contributed by atoms with E-state index in [2.05, 4.69) is 31.1 Å². The highest BCUT2D eigenvalue weighted by Crippen LogP contribution is 2.18. The molecule has 136 valence electrons. The van der Waals surface area contributed by atoms with Gasteiger partial charge in [0, 0.05) is 29.0 Å². The minimum atomic E-state index is -1.42. The largest absolute Gasteiger partial charge is 0.477 e. The number of aliphatic carboxylic acids is 1. The van der Waals surface area contributed by atoms with Gasteiger partial charge in [0.1, 0.15) is 5.57 Å². The molecule has 8 heteroatoms. The van der Waals surface area contributed by atoms with E-state index in [9.17, 15) is 19.1 Å². The van der Waals surface area contributed by atoms with Crippen molar-refractivity contribution in [3.8, 4) is 0 Å². The molecule has 6 nitrogen and oxygen atoms in total. The lowest BCUT2D eigenvalue weighted by atomic mass is 10.0. The maximum atomic E-state index is 13.8. The summed E-state index contributed by atoms with van der Waals surface area (Å²) in [6.07, 6.45) is 4.66. The van der Waals surface area contributed by atoms with Crippen LogP contribution in [-0.4, -0.2) is 51.9 Å². The van der Waals surface area contributed by atoms with Crippen LogP contribution in [0.2, 0.25) is 0 Å². The maximum absolute atomic E-state index is 13.8. The van der Waals surface area contributed by atoms with E-state index < -0.39 is 28.8 Å². The van der Waals surface area contributed by atoms with Gasteiger partial charge in [0.2, 0.25) is 11.7 Å². The Morgan fingerprint density at radius 2 is 2.08 bits per heavy atom. The molecule has 1 aliphatic rings. The molecule has 2 N–H and O–H groups in total. The fourth-order valence-electron chi connectivity index (χ4n) is 2.76. The minimum Gasteiger partial charge on any atom is -0.477 e. The first-order valence-electron chi connectivity index (χ1n) is 7.99. The van der Waals surface area contributed by atoms with Crippen LogP contribution in [-0.2, 0) is 4.79 Å². The molecular weight excluding hydrogens is 393 g/mol. The second-order valence-electron chi connectivity index (χ2n) is 6.70. The molecule has 0 bridgehead atoms. The number of aromatic nitrogens is 1. The van der Waals surface area contributed by atoms with Crippen LogP contribution in [0.1, 0.15) is 37.0 Å². The number of ketones is 1. The summed E-state index contributed by atoms with van der Waals surface area (Å²) in [5.41, 5.74) is -1.35. The molecular formula is C17H21BrFN3O3. The highest BCUT2D eigenvalue weighted by Gasteiger charge is 2.26. The van der Waals surface area contributed by atoms with Crippen molar-refractivity contribution in [2.75, 3.05) is 19.6 Å². The zero-order chi connectivity index (χ0) is 18.6. The van der Waals surface area contributed by atoms with Crippen LogP contribution in [0.5, 0.6) is 0 Å². The molecule has 1 aliphatic heterocycles. The number of carbonyl (C=O) groups is 2. The molecule has 0 saturated carbocycles. The van der Waals surface area contributed by atoms with E-state index in [1.54, 1.807) is 0 Å². The number of likely N-dealkylation sites (tertiary alicyclic amines) is 1. The lowest BCUT2D eigenvalue weighted by molar-refractivity contribution is -0.132. The third-order valence-electron chi connectivity index (χ3n) is 3.95. The molecule has 2 rings (SSSR count). The Balaban J connectivity index is 2.18. The summed E-state index contributed by atoms with van der Waals surface area (Å²) in [4.78, 5) is 29.6. The van der Waals surface area contributed by atoms with E-state index in [1.807, 2.05) is 13.8 Å². The molecule has 0 aromatic carbocycles. The van der Waals surface area contributed by atoms with Gasteiger partial charge in [0.25, 0.3) is 0 Å². The van der Waals surface area contributed by atoms with Crippen LogP contribution in [0.15, 0.2) is 28.5 Å². The highest BCUT2D eigenvalue weighted by molar-refractivity contribution is 9.10. The van der Waals surface area contributed by atoms with Crippen molar-refractivity contribution in [3.63, 3.8) is 0 Å². The number of rotatable bonds is 7. The monoisotopic (exact) mass is 413 g/mol.